The molecule has 0 amide bonds. The van der Waals surface area contributed by atoms with Crippen molar-refractivity contribution in [3.8, 4) is 5.75 Å². The summed E-state index contributed by atoms with van der Waals surface area (Å²) in [6.07, 6.45) is 0. The number of hydrogen-bond acceptors (Lipinski definition) is 4. The molecule has 4 heteroatoms. The Morgan fingerprint density at radius 1 is 1.35 bits per heavy atom. The van der Waals surface area contributed by atoms with Gasteiger partial charge >= 0.3 is 5.97 Å². The van der Waals surface area contributed by atoms with E-state index >= 15 is 0 Å². The van der Waals surface area contributed by atoms with Gasteiger partial charge in [0.15, 0.2) is 0 Å². The second-order valence-corrected chi connectivity index (χ2v) is 4.92. The Balaban J connectivity index is 2.87. The minimum absolute atomic E-state index is 0.203. The molecule has 4 nitrogen and oxygen atoms in total. The predicted octanol–water partition coefficient (Wildman–Crippen LogP) is 2.47. The summed E-state index contributed by atoms with van der Waals surface area (Å²) in [7, 11) is 0. The van der Waals surface area contributed by atoms with E-state index in [1.807, 2.05) is 26.8 Å². The van der Waals surface area contributed by atoms with E-state index in [1.54, 1.807) is 23.3 Å². The molecule has 0 unspecified atom stereocenters. The standard InChI is InChI=1S/C13H19NO3/c1-10(15)17-14(13(2,3)4)9-11-7-5-6-8-12(11)16/h5-8,16H,9H2,1-4H3. The number of rotatable bonds is 3. The highest BCUT2D eigenvalue weighted by Gasteiger charge is 2.25. The summed E-state index contributed by atoms with van der Waals surface area (Å²) in [5.41, 5.74) is 0.400. The molecular formula is C13H19NO3. The van der Waals surface area contributed by atoms with Crippen molar-refractivity contribution in [2.45, 2.75) is 39.8 Å². The fourth-order valence-electron chi connectivity index (χ4n) is 1.36. The van der Waals surface area contributed by atoms with E-state index in [0.717, 1.165) is 5.56 Å². The van der Waals surface area contributed by atoms with Crippen molar-refractivity contribution in [3.63, 3.8) is 0 Å². The number of nitrogens with zero attached hydrogens (tertiary/aromatic N) is 1. The Labute approximate surface area is 102 Å². The topological polar surface area (TPSA) is 49.8 Å². The van der Waals surface area contributed by atoms with E-state index in [4.69, 9.17) is 4.84 Å². The lowest BCUT2D eigenvalue weighted by molar-refractivity contribution is -0.216. The molecule has 1 aromatic rings. The minimum Gasteiger partial charge on any atom is -0.508 e. The summed E-state index contributed by atoms with van der Waals surface area (Å²) in [5, 5.41) is 11.3. The fourth-order valence-corrected chi connectivity index (χ4v) is 1.36. The average molecular weight is 237 g/mol. The number of phenols is 1. The van der Waals surface area contributed by atoms with Gasteiger partial charge in [0.1, 0.15) is 5.75 Å². The minimum atomic E-state index is -0.365. The number of phenolic OH excluding ortho intramolecular Hbond substituents is 1. The Hall–Kier alpha value is -1.55. The molecule has 0 bridgehead atoms. The van der Waals surface area contributed by atoms with E-state index in [2.05, 4.69) is 0 Å². The molecule has 0 saturated heterocycles. The van der Waals surface area contributed by atoms with Crippen LogP contribution in [-0.2, 0) is 16.2 Å². The predicted molar refractivity (Wildman–Crippen MR) is 65.2 cm³/mol. The zero-order valence-corrected chi connectivity index (χ0v) is 10.7. The molecule has 1 N–H and O–H groups in total. The first-order valence-corrected chi connectivity index (χ1v) is 5.54. The highest BCUT2D eigenvalue weighted by Crippen LogP contribution is 2.23. The zero-order valence-electron chi connectivity index (χ0n) is 10.7. The van der Waals surface area contributed by atoms with Crippen LogP contribution in [-0.4, -0.2) is 21.7 Å². The van der Waals surface area contributed by atoms with E-state index in [-0.39, 0.29) is 17.3 Å². The van der Waals surface area contributed by atoms with Crippen LogP contribution in [0.3, 0.4) is 0 Å². The van der Waals surface area contributed by atoms with Crippen LogP contribution in [0.15, 0.2) is 24.3 Å². The molecule has 0 heterocycles. The van der Waals surface area contributed by atoms with Crippen molar-refractivity contribution >= 4 is 5.97 Å². The van der Waals surface area contributed by atoms with Gasteiger partial charge in [-0.25, -0.2) is 0 Å². The summed E-state index contributed by atoms with van der Waals surface area (Å²) in [5.74, 6) is -0.163. The van der Waals surface area contributed by atoms with Crippen LogP contribution in [0.5, 0.6) is 5.75 Å². The molecule has 0 aromatic heterocycles. The molecule has 0 saturated carbocycles. The second-order valence-electron chi connectivity index (χ2n) is 4.92. The maximum atomic E-state index is 11.0. The lowest BCUT2D eigenvalue weighted by Crippen LogP contribution is -2.41. The Morgan fingerprint density at radius 2 is 1.94 bits per heavy atom. The van der Waals surface area contributed by atoms with Gasteiger partial charge in [-0.2, -0.15) is 0 Å². The van der Waals surface area contributed by atoms with Gasteiger partial charge in [-0.05, 0) is 26.8 Å². The Kier molecular flexibility index (Phi) is 4.12. The number of carbonyl (C=O) groups is 1. The molecule has 1 aromatic carbocycles. The molecule has 0 atom stereocenters. The molecule has 0 aliphatic heterocycles. The highest BCUT2D eigenvalue weighted by molar-refractivity contribution is 5.65. The number of hydroxylamine groups is 2. The van der Waals surface area contributed by atoms with Crippen LogP contribution in [0.25, 0.3) is 0 Å². The van der Waals surface area contributed by atoms with Crippen molar-refractivity contribution in [1.82, 2.24) is 5.06 Å². The zero-order chi connectivity index (χ0) is 13.1. The van der Waals surface area contributed by atoms with E-state index in [1.165, 1.54) is 6.92 Å². The van der Waals surface area contributed by atoms with Gasteiger partial charge in [-0.15, -0.1) is 5.06 Å². The smallest absolute Gasteiger partial charge is 0.322 e. The largest absolute Gasteiger partial charge is 0.508 e. The summed E-state index contributed by atoms with van der Waals surface area (Å²) >= 11 is 0. The number of aromatic hydroxyl groups is 1. The van der Waals surface area contributed by atoms with Gasteiger partial charge in [-0.3, -0.25) is 4.79 Å². The number of para-hydroxylation sites is 1. The molecule has 17 heavy (non-hydrogen) atoms. The molecule has 0 fully saturated rings. The van der Waals surface area contributed by atoms with E-state index in [9.17, 15) is 9.90 Å². The van der Waals surface area contributed by atoms with Gasteiger partial charge in [0.05, 0.1) is 6.54 Å². The van der Waals surface area contributed by atoms with Gasteiger partial charge < -0.3 is 9.94 Å². The maximum Gasteiger partial charge on any atom is 0.322 e. The number of carbonyl (C=O) groups excluding carboxylic acids is 1. The summed E-state index contributed by atoms with van der Waals surface area (Å²) in [4.78, 5) is 16.2. The number of benzene rings is 1. The van der Waals surface area contributed by atoms with Crippen molar-refractivity contribution in [1.29, 1.82) is 0 Å². The number of hydrogen-bond donors (Lipinski definition) is 1. The van der Waals surface area contributed by atoms with Gasteiger partial charge in [-0.1, -0.05) is 18.2 Å². The van der Waals surface area contributed by atoms with E-state index in [0.29, 0.717) is 6.54 Å². The SMILES string of the molecule is CC(=O)ON(Cc1ccccc1O)C(C)(C)C. The van der Waals surface area contributed by atoms with Crippen molar-refractivity contribution in [2.75, 3.05) is 0 Å². The molecular weight excluding hydrogens is 218 g/mol. The normalized spacial score (nSPS) is 11.6. The molecule has 0 aliphatic carbocycles. The average Bonchev–Trinajstić information content (AvgIpc) is 2.18. The molecule has 0 aliphatic rings. The Morgan fingerprint density at radius 3 is 2.41 bits per heavy atom. The van der Waals surface area contributed by atoms with Crippen LogP contribution in [0.4, 0.5) is 0 Å². The molecule has 1 rings (SSSR count). The van der Waals surface area contributed by atoms with Crippen LogP contribution in [0.2, 0.25) is 0 Å². The van der Waals surface area contributed by atoms with Crippen LogP contribution >= 0.6 is 0 Å². The summed E-state index contributed by atoms with van der Waals surface area (Å²) < 4.78 is 0. The first-order valence-electron chi connectivity index (χ1n) is 5.54. The fraction of sp³-hybridized carbons (Fsp3) is 0.462. The highest BCUT2D eigenvalue weighted by atomic mass is 16.7. The molecule has 94 valence electrons. The molecule has 0 spiro atoms. The third kappa shape index (κ3) is 4.07. The van der Waals surface area contributed by atoms with Crippen molar-refractivity contribution < 1.29 is 14.7 Å². The summed E-state index contributed by atoms with van der Waals surface area (Å²) in [6.45, 7) is 7.54. The lowest BCUT2D eigenvalue weighted by atomic mass is 10.1. The Bertz CT molecular complexity index is 396. The molecule has 0 radical (unpaired) electrons. The lowest BCUT2D eigenvalue weighted by Gasteiger charge is -2.33. The third-order valence-corrected chi connectivity index (χ3v) is 2.29. The van der Waals surface area contributed by atoms with Crippen LogP contribution in [0, 0.1) is 0 Å². The van der Waals surface area contributed by atoms with Crippen molar-refractivity contribution in [3.05, 3.63) is 29.8 Å². The summed E-state index contributed by atoms with van der Waals surface area (Å²) in [6, 6.07) is 7.01. The quantitative estimate of drug-likeness (QED) is 0.820. The van der Waals surface area contributed by atoms with Crippen LogP contribution < -0.4 is 0 Å². The van der Waals surface area contributed by atoms with Gasteiger partial charge in [0.2, 0.25) is 0 Å². The van der Waals surface area contributed by atoms with Crippen LogP contribution in [0.1, 0.15) is 33.3 Å². The van der Waals surface area contributed by atoms with Gasteiger partial charge in [0.25, 0.3) is 0 Å². The van der Waals surface area contributed by atoms with E-state index < -0.39 is 0 Å². The third-order valence-electron chi connectivity index (χ3n) is 2.29. The monoisotopic (exact) mass is 237 g/mol. The maximum absolute atomic E-state index is 11.0. The van der Waals surface area contributed by atoms with Crippen molar-refractivity contribution in [2.24, 2.45) is 0 Å². The second kappa shape index (κ2) is 5.19. The first-order chi connectivity index (χ1) is 7.80. The van der Waals surface area contributed by atoms with Gasteiger partial charge in [0, 0.05) is 18.0 Å². The first kappa shape index (κ1) is 13.5.